The number of para-hydroxylation sites is 1. The van der Waals surface area contributed by atoms with Crippen molar-refractivity contribution in [2.24, 2.45) is 5.92 Å². The predicted octanol–water partition coefficient (Wildman–Crippen LogP) is 3.96. The topological polar surface area (TPSA) is 47.3 Å². The van der Waals surface area contributed by atoms with Gasteiger partial charge >= 0.3 is 0 Å². The van der Waals surface area contributed by atoms with Gasteiger partial charge in [-0.15, -0.1) is 0 Å². The Kier molecular flexibility index (Phi) is 5.65. The van der Waals surface area contributed by atoms with Crippen LogP contribution in [0.4, 0.5) is 0 Å². The van der Waals surface area contributed by atoms with Gasteiger partial charge in [-0.25, -0.2) is 0 Å². The first-order chi connectivity index (χ1) is 10.1. The third-order valence-corrected chi connectivity index (χ3v) is 3.25. The number of nitrogens with zero attached hydrogens (tertiary/aromatic N) is 1. The van der Waals surface area contributed by atoms with Crippen LogP contribution < -0.4 is 10.1 Å². The highest BCUT2D eigenvalue weighted by Gasteiger charge is 2.10. The van der Waals surface area contributed by atoms with Crippen molar-refractivity contribution in [1.29, 1.82) is 0 Å². The second-order valence-corrected chi connectivity index (χ2v) is 5.88. The van der Waals surface area contributed by atoms with Crippen LogP contribution in [-0.2, 0) is 13.2 Å². The summed E-state index contributed by atoms with van der Waals surface area (Å²) in [5.41, 5.74) is 1.88. The van der Waals surface area contributed by atoms with Crippen molar-refractivity contribution in [3.63, 3.8) is 0 Å². The van der Waals surface area contributed by atoms with E-state index in [0.717, 1.165) is 24.3 Å². The summed E-state index contributed by atoms with van der Waals surface area (Å²) in [7, 11) is 0. The molecule has 1 N–H and O–H groups in total. The van der Waals surface area contributed by atoms with Crippen LogP contribution in [0.3, 0.4) is 0 Å². The molecule has 4 nitrogen and oxygen atoms in total. The Morgan fingerprint density at radius 2 is 2.19 bits per heavy atom. The van der Waals surface area contributed by atoms with E-state index in [2.05, 4.69) is 24.3 Å². The molecule has 5 heteroatoms. The summed E-state index contributed by atoms with van der Waals surface area (Å²) in [6.07, 6.45) is 0. The van der Waals surface area contributed by atoms with E-state index in [0.29, 0.717) is 29.1 Å². The van der Waals surface area contributed by atoms with Crippen molar-refractivity contribution in [3.8, 4) is 5.75 Å². The molecule has 1 aromatic heterocycles. The molecule has 1 heterocycles. The van der Waals surface area contributed by atoms with Gasteiger partial charge in [-0.2, -0.15) is 0 Å². The largest absolute Gasteiger partial charge is 0.484 e. The van der Waals surface area contributed by atoms with Crippen molar-refractivity contribution < 1.29 is 9.26 Å². The molecule has 0 aliphatic heterocycles. The monoisotopic (exact) mass is 308 g/mol. The van der Waals surface area contributed by atoms with Gasteiger partial charge in [0.05, 0.1) is 10.7 Å². The van der Waals surface area contributed by atoms with Gasteiger partial charge in [0.1, 0.15) is 12.4 Å². The summed E-state index contributed by atoms with van der Waals surface area (Å²) in [4.78, 5) is 0. The maximum absolute atomic E-state index is 6.24. The molecule has 0 fully saturated rings. The van der Waals surface area contributed by atoms with Gasteiger partial charge in [0.2, 0.25) is 0 Å². The fraction of sp³-hybridized carbons (Fsp3) is 0.438. The molecule has 21 heavy (non-hydrogen) atoms. The Hall–Kier alpha value is -1.52. The van der Waals surface area contributed by atoms with Gasteiger partial charge in [-0.05, 0) is 25.5 Å². The third-order valence-electron chi connectivity index (χ3n) is 2.95. The van der Waals surface area contributed by atoms with E-state index in [1.807, 2.05) is 31.2 Å². The average molecular weight is 309 g/mol. The fourth-order valence-electron chi connectivity index (χ4n) is 1.98. The molecule has 0 saturated carbocycles. The smallest absolute Gasteiger partial charge is 0.174 e. The lowest BCUT2D eigenvalue weighted by Gasteiger charge is -2.13. The van der Waals surface area contributed by atoms with Crippen molar-refractivity contribution in [3.05, 3.63) is 46.3 Å². The summed E-state index contributed by atoms with van der Waals surface area (Å²) in [6, 6.07) is 7.63. The van der Waals surface area contributed by atoms with Gasteiger partial charge in [0, 0.05) is 18.2 Å². The second kappa shape index (κ2) is 7.48. The maximum atomic E-state index is 6.24. The molecule has 0 amide bonds. The van der Waals surface area contributed by atoms with Crippen LogP contribution in [0.25, 0.3) is 0 Å². The van der Waals surface area contributed by atoms with Gasteiger partial charge in [0.25, 0.3) is 0 Å². The molecule has 2 rings (SSSR count). The normalized spacial score (nSPS) is 11.1. The second-order valence-electron chi connectivity index (χ2n) is 5.48. The molecule has 2 aromatic rings. The number of hydrogen-bond acceptors (Lipinski definition) is 4. The van der Waals surface area contributed by atoms with E-state index in [1.165, 1.54) is 0 Å². The quantitative estimate of drug-likeness (QED) is 0.841. The summed E-state index contributed by atoms with van der Waals surface area (Å²) in [5.74, 6) is 1.99. The molecule has 1 aromatic carbocycles. The Bertz CT molecular complexity index is 581. The van der Waals surface area contributed by atoms with Gasteiger partial charge < -0.3 is 14.6 Å². The van der Waals surface area contributed by atoms with Gasteiger partial charge in [-0.3, -0.25) is 0 Å². The number of nitrogens with one attached hydrogen (secondary N) is 1. The van der Waals surface area contributed by atoms with E-state index in [-0.39, 0.29) is 0 Å². The Labute approximate surface area is 130 Å². The first kappa shape index (κ1) is 15.9. The van der Waals surface area contributed by atoms with Crippen LogP contribution in [0.1, 0.15) is 30.9 Å². The Morgan fingerprint density at radius 3 is 2.86 bits per heavy atom. The summed E-state index contributed by atoms with van der Waals surface area (Å²) >= 11 is 6.24. The molecule has 0 spiro atoms. The van der Waals surface area contributed by atoms with E-state index in [1.54, 1.807) is 0 Å². The minimum absolute atomic E-state index is 0.321. The number of ether oxygens (including phenoxy) is 1. The molecule has 0 radical (unpaired) electrons. The molecule has 0 atom stereocenters. The van der Waals surface area contributed by atoms with Crippen molar-refractivity contribution in [2.45, 2.75) is 33.9 Å². The lowest BCUT2D eigenvalue weighted by molar-refractivity contribution is 0.246. The number of aryl methyl sites for hydroxylation is 1. The summed E-state index contributed by atoms with van der Waals surface area (Å²) in [6.45, 7) is 8.23. The van der Waals surface area contributed by atoms with Crippen molar-refractivity contribution in [1.82, 2.24) is 10.5 Å². The minimum atomic E-state index is 0.321. The summed E-state index contributed by atoms with van der Waals surface area (Å²) in [5, 5.41) is 7.85. The first-order valence-corrected chi connectivity index (χ1v) is 7.47. The zero-order valence-electron chi connectivity index (χ0n) is 12.6. The van der Waals surface area contributed by atoms with Crippen LogP contribution in [-0.4, -0.2) is 11.7 Å². The van der Waals surface area contributed by atoms with Gasteiger partial charge in [0.15, 0.2) is 5.76 Å². The molecule has 0 saturated heterocycles. The molecule has 0 aliphatic rings. The maximum Gasteiger partial charge on any atom is 0.174 e. The molecular weight excluding hydrogens is 288 g/mol. The lowest BCUT2D eigenvalue weighted by atomic mass is 10.1. The standard InChI is InChI=1S/C16H21ClN2O2/c1-11(2)8-18-9-13-5-4-6-15(17)16(13)20-10-14-7-12(3)19-21-14/h4-7,11,18H,8-10H2,1-3H3. The highest BCUT2D eigenvalue weighted by molar-refractivity contribution is 6.32. The highest BCUT2D eigenvalue weighted by Crippen LogP contribution is 2.29. The number of halogens is 1. The van der Waals surface area contributed by atoms with Crippen LogP contribution >= 0.6 is 11.6 Å². The summed E-state index contributed by atoms with van der Waals surface area (Å²) < 4.78 is 11.0. The van der Waals surface area contributed by atoms with E-state index in [4.69, 9.17) is 20.9 Å². The number of rotatable bonds is 7. The molecule has 114 valence electrons. The Balaban J connectivity index is 2.02. The zero-order valence-corrected chi connectivity index (χ0v) is 13.4. The van der Waals surface area contributed by atoms with Gasteiger partial charge in [-0.1, -0.05) is 42.7 Å². The predicted molar refractivity (Wildman–Crippen MR) is 83.6 cm³/mol. The molecular formula is C16H21ClN2O2. The molecule has 0 unspecified atom stereocenters. The zero-order chi connectivity index (χ0) is 15.2. The van der Waals surface area contributed by atoms with E-state index in [9.17, 15) is 0 Å². The Morgan fingerprint density at radius 1 is 1.38 bits per heavy atom. The van der Waals surface area contributed by atoms with E-state index >= 15 is 0 Å². The average Bonchev–Trinajstić information content (AvgIpc) is 2.83. The third kappa shape index (κ3) is 4.76. The van der Waals surface area contributed by atoms with Crippen molar-refractivity contribution in [2.75, 3.05) is 6.54 Å². The van der Waals surface area contributed by atoms with Crippen LogP contribution in [0.15, 0.2) is 28.8 Å². The number of benzene rings is 1. The lowest BCUT2D eigenvalue weighted by Crippen LogP contribution is -2.19. The van der Waals surface area contributed by atoms with E-state index < -0.39 is 0 Å². The van der Waals surface area contributed by atoms with Crippen molar-refractivity contribution >= 4 is 11.6 Å². The minimum Gasteiger partial charge on any atom is -0.484 e. The number of hydrogen-bond donors (Lipinski definition) is 1. The van der Waals surface area contributed by atoms with Crippen LogP contribution in [0.2, 0.25) is 5.02 Å². The first-order valence-electron chi connectivity index (χ1n) is 7.09. The van der Waals surface area contributed by atoms with Crippen LogP contribution in [0, 0.1) is 12.8 Å². The SMILES string of the molecule is Cc1cc(COc2c(Cl)cccc2CNCC(C)C)on1. The molecule has 0 aliphatic carbocycles. The highest BCUT2D eigenvalue weighted by atomic mass is 35.5. The molecule has 0 bridgehead atoms. The van der Waals surface area contributed by atoms with Crippen LogP contribution in [0.5, 0.6) is 5.75 Å². The fourth-order valence-corrected chi connectivity index (χ4v) is 2.23. The number of aromatic nitrogens is 1.